The smallest absolute Gasteiger partial charge is 0.335 e. The predicted octanol–water partition coefficient (Wildman–Crippen LogP) is 4.84. The number of ether oxygens (including phenoxy) is 2. The third kappa shape index (κ3) is 3.67. The molecule has 1 fully saturated rings. The van der Waals surface area contributed by atoms with E-state index in [0.29, 0.717) is 41.8 Å². The van der Waals surface area contributed by atoms with Crippen molar-refractivity contribution in [3.05, 3.63) is 53.4 Å². The van der Waals surface area contributed by atoms with Gasteiger partial charge < -0.3 is 19.1 Å². The second-order valence-electron chi connectivity index (χ2n) is 10.1. The first-order valence-corrected chi connectivity index (χ1v) is 11.7. The summed E-state index contributed by atoms with van der Waals surface area (Å²) in [5, 5.41) is 17.7. The summed E-state index contributed by atoms with van der Waals surface area (Å²) in [6, 6.07) is 5.70. The zero-order chi connectivity index (χ0) is 25.8. The summed E-state index contributed by atoms with van der Waals surface area (Å²) < 4.78 is 41.3. The Kier molecular flexibility index (Phi) is 5.83. The average molecular weight is 499 g/mol. The Bertz CT molecular complexity index is 1480. The monoisotopic (exact) mass is 498 g/mol. The molecule has 1 aliphatic carbocycles. The number of nitrogens with zero attached hydrogens (tertiary/aromatic N) is 3. The van der Waals surface area contributed by atoms with Crippen LogP contribution in [-0.4, -0.2) is 57.3 Å². The lowest BCUT2D eigenvalue weighted by atomic mass is 9.82. The van der Waals surface area contributed by atoms with E-state index in [1.54, 1.807) is 13.3 Å². The lowest BCUT2D eigenvalue weighted by Crippen LogP contribution is -2.38. The number of carboxylic acids is 1. The van der Waals surface area contributed by atoms with Crippen LogP contribution in [0, 0.1) is 11.6 Å². The molecular weight excluding hydrogens is 470 g/mol. The summed E-state index contributed by atoms with van der Waals surface area (Å²) in [4.78, 5) is 17.0. The number of benzene rings is 1. The zero-order valence-corrected chi connectivity index (χ0v) is 20.6. The Hall–Kier alpha value is -3.37. The van der Waals surface area contributed by atoms with E-state index in [2.05, 4.69) is 10.2 Å². The Balaban J connectivity index is 1.87. The Morgan fingerprint density at radius 3 is 2.69 bits per heavy atom. The maximum atomic E-state index is 14.5. The molecule has 5 rings (SSSR count). The van der Waals surface area contributed by atoms with Gasteiger partial charge in [-0.1, -0.05) is 13.8 Å². The molecule has 0 radical (unpaired) electrons. The van der Waals surface area contributed by atoms with Crippen LogP contribution in [0.5, 0.6) is 0 Å². The number of aromatic nitrogens is 4. The van der Waals surface area contributed by atoms with Crippen molar-refractivity contribution < 1.29 is 28.2 Å². The molecule has 1 aliphatic rings. The second-order valence-corrected chi connectivity index (χ2v) is 10.1. The van der Waals surface area contributed by atoms with Crippen LogP contribution in [0.25, 0.3) is 27.8 Å². The SMILES string of the molecule is COCC(C)(C)c1c([C@@H]2CC[C@@](OC)(C(=O)O)C2)c2nc3[nH]ncc3cc2n1-c1ccc(F)c(F)c1. The standard InChI is InChI=1S/C26H28F2N4O4/c1-25(2,13-35-3)22-20(14-7-8-26(11-14,36-4)24(33)34)21-19(9-15-12-29-31-23(15)30-21)32(22)16-5-6-17(27)18(28)10-16/h5-6,9-10,12,14H,7-8,11,13H2,1-4H3,(H,33,34)(H,29,30,31)/t14-,26+/m1/s1. The second kappa shape index (κ2) is 8.63. The minimum Gasteiger partial charge on any atom is -0.479 e. The number of methoxy groups -OCH3 is 2. The summed E-state index contributed by atoms with van der Waals surface area (Å²) >= 11 is 0. The van der Waals surface area contributed by atoms with Crippen molar-refractivity contribution in [3.63, 3.8) is 0 Å². The Morgan fingerprint density at radius 2 is 2.06 bits per heavy atom. The maximum Gasteiger partial charge on any atom is 0.335 e. The highest BCUT2D eigenvalue weighted by Gasteiger charge is 2.48. The van der Waals surface area contributed by atoms with Crippen molar-refractivity contribution >= 4 is 28.0 Å². The van der Waals surface area contributed by atoms with Gasteiger partial charge in [-0.15, -0.1) is 0 Å². The predicted molar refractivity (Wildman–Crippen MR) is 130 cm³/mol. The van der Waals surface area contributed by atoms with Crippen molar-refractivity contribution in [1.82, 2.24) is 19.7 Å². The number of nitrogens with one attached hydrogen (secondary N) is 1. The maximum absolute atomic E-state index is 14.5. The number of pyridine rings is 1. The number of carboxylic acid groups (broad SMARTS) is 1. The van der Waals surface area contributed by atoms with Gasteiger partial charge in [0.15, 0.2) is 22.9 Å². The molecule has 3 aromatic heterocycles. The van der Waals surface area contributed by atoms with Crippen molar-refractivity contribution in [2.75, 3.05) is 20.8 Å². The molecule has 190 valence electrons. The molecule has 0 saturated heterocycles. The zero-order valence-electron chi connectivity index (χ0n) is 20.6. The average Bonchev–Trinajstić information content (AvgIpc) is 3.55. The molecule has 4 aromatic rings. The van der Waals surface area contributed by atoms with Gasteiger partial charge in [0.2, 0.25) is 0 Å². The summed E-state index contributed by atoms with van der Waals surface area (Å²) in [6.45, 7) is 4.35. The van der Waals surface area contributed by atoms with E-state index in [1.807, 2.05) is 24.5 Å². The van der Waals surface area contributed by atoms with E-state index in [-0.39, 0.29) is 12.3 Å². The molecule has 2 atom stereocenters. The molecule has 2 N–H and O–H groups in total. The summed E-state index contributed by atoms with van der Waals surface area (Å²) in [5.74, 6) is -3.10. The van der Waals surface area contributed by atoms with Gasteiger partial charge in [-0.3, -0.25) is 5.10 Å². The van der Waals surface area contributed by atoms with Gasteiger partial charge in [0.1, 0.15) is 0 Å². The summed E-state index contributed by atoms with van der Waals surface area (Å²) in [5.41, 5.74) is 2.12. The van der Waals surface area contributed by atoms with Crippen LogP contribution in [0.15, 0.2) is 30.5 Å². The number of aliphatic carboxylic acids is 1. The molecule has 10 heteroatoms. The first kappa shape index (κ1) is 24.3. The highest BCUT2D eigenvalue weighted by atomic mass is 19.2. The molecule has 36 heavy (non-hydrogen) atoms. The first-order chi connectivity index (χ1) is 17.1. The number of H-pyrrole nitrogens is 1. The molecule has 0 unspecified atom stereocenters. The molecular formula is C26H28F2N4O4. The van der Waals surface area contributed by atoms with Crippen LogP contribution in [-0.2, 0) is 19.7 Å². The largest absolute Gasteiger partial charge is 0.479 e. The van der Waals surface area contributed by atoms with Crippen LogP contribution >= 0.6 is 0 Å². The summed E-state index contributed by atoms with van der Waals surface area (Å²) in [7, 11) is 3.03. The molecule has 1 saturated carbocycles. The van der Waals surface area contributed by atoms with E-state index in [0.717, 1.165) is 28.8 Å². The number of rotatable bonds is 7. The van der Waals surface area contributed by atoms with E-state index in [9.17, 15) is 18.7 Å². The minimum absolute atomic E-state index is 0.200. The van der Waals surface area contributed by atoms with Crippen molar-refractivity contribution in [1.29, 1.82) is 0 Å². The van der Waals surface area contributed by atoms with Gasteiger partial charge in [0.05, 0.1) is 23.8 Å². The lowest BCUT2D eigenvalue weighted by Gasteiger charge is -2.30. The Morgan fingerprint density at radius 1 is 1.28 bits per heavy atom. The van der Waals surface area contributed by atoms with E-state index < -0.39 is 28.6 Å². The van der Waals surface area contributed by atoms with Gasteiger partial charge in [-0.25, -0.2) is 18.6 Å². The topological polar surface area (TPSA) is 102 Å². The fraction of sp³-hybridized carbons (Fsp3) is 0.423. The first-order valence-electron chi connectivity index (χ1n) is 11.7. The highest BCUT2D eigenvalue weighted by molar-refractivity contribution is 5.94. The van der Waals surface area contributed by atoms with Gasteiger partial charge in [-0.05, 0) is 43.4 Å². The molecule has 8 nitrogen and oxygen atoms in total. The minimum atomic E-state index is -1.30. The third-order valence-electron chi connectivity index (χ3n) is 7.35. The Labute approximate surface area is 206 Å². The van der Waals surface area contributed by atoms with Crippen molar-refractivity contribution in [3.8, 4) is 5.69 Å². The van der Waals surface area contributed by atoms with Gasteiger partial charge in [0, 0.05) is 48.0 Å². The van der Waals surface area contributed by atoms with Gasteiger partial charge in [0.25, 0.3) is 0 Å². The van der Waals surface area contributed by atoms with Gasteiger partial charge >= 0.3 is 5.97 Å². The third-order valence-corrected chi connectivity index (χ3v) is 7.35. The molecule has 0 spiro atoms. The fourth-order valence-electron chi connectivity index (χ4n) is 5.69. The van der Waals surface area contributed by atoms with E-state index in [4.69, 9.17) is 14.5 Å². The fourth-order valence-corrected chi connectivity index (χ4v) is 5.69. The molecule has 0 bridgehead atoms. The number of aromatic amines is 1. The normalized spacial score (nSPS) is 20.6. The number of fused-ring (bicyclic) bond motifs is 2. The van der Waals surface area contributed by atoms with Crippen LogP contribution in [0.2, 0.25) is 0 Å². The van der Waals surface area contributed by atoms with Crippen LogP contribution in [0.4, 0.5) is 8.78 Å². The number of hydrogen-bond acceptors (Lipinski definition) is 5. The quantitative estimate of drug-likeness (QED) is 0.378. The number of halogens is 2. The van der Waals surface area contributed by atoms with Crippen LogP contribution in [0.1, 0.15) is 50.3 Å². The van der Waals surface area contributed by atoms with Gasteiger partial charge in [-0.2, -0.15) is 5.10 Å². The van der Waals surface area contributed by atoms with Crippen molar-refractivity contribution in [2.45, 2.75) is 50.0 Å². The van der Waals surface area contributed by atoms with E-state index in [1.165, 1.54) is 13.2 Å². The lowest BCUT2D eigenvalue weighted by molar-refractivity contribution is -0.161. The summed E-state index contributed by atoms with van der Waals surface area (Å²) in [6.07, 6.45) is 2.82. The number of carbonyl (C=O) groups is 1. The molecule has 3 heterocycles. The highest BCUT2D eigenvalue weighted by Crippen LogP contribution is 2.49. The molecule has 0 amide bonds. The molecule has 0 aliphatic heterocycles. The van der Waals surface area contributed by atoms with E-state index >= 15 is 0 Å². The van der Waals surface area contributed by atoms with Crippen molar-refractivity contribution in [2.24, 2.45) is 0 Å². The van der Waals surface area contributed by atoms with Crippen LogP contribution in [0.3, 0.4) is 0 Å². The molecule has 1 aromatic carbocycles. The number of hydrogen-bond donors (Lipinski definition) is 2. The van der Waals surface area contributed by atoms with Crippen LogP contribution < -0.4 is 0 Å².